The fourth-order valence-electron chi connectivity index (χ4n) is 3.08. The van der Waals surface area contributed by atoms with Gasteiger partial charge in [-0.1, -0.05) is 13.8 Å². The van der Waals surface area contributed by atoms with E-state index < -0.39 is 0 Å². The van der Waals surface area contributed by atoms with Crippen molar-refractivity contribution in [3.05, 3.63) is 22.4 Å². The number of hydrogen-bond donors (Lipinski definition) is 0. The van der Waals surface area contributed by atoms with Crippen molar-refractivity contribution >= 4 is 21.8 Å². The number of halogens is 1. The fraction of sp³-hybridized carbons (Fsp3) is 0.688. The van der Waals surface area contributed by atoms with Crippen molar-refractivity contribution in [2.75, 3.05) is 32.7 Å². The lowest BCUT2D eigenvalue weighted by atomic mass is 10.2. The highest BCUT2D eigenvalue weighted by molar-refractivity contribution is 9.10. The van der Waals surface area contributed by atoms with E-state index in [4.69, 9.17) is 0 Å². The van der Waals surface area contributed by atoms with Crippen molar-refractivity contribution in [2.24, 2.45) is 5.92 Å². The molecule has 5 heteroatoms. The first-order chi connectivity index (χ1) is 10.0. The molecule has 0 aromatic carbocycles. The summed E-state index contributed by atoms with van der Waals surface area (Å²) in [5.41, 5.74) is 0.849. The lowest BCUT2D eigenvalue weighted by Crippen LogP contribution is -2.49. The molecule has 1 aromatic heterocycles. The first kappa shape index (κ1) is 15.1. The molecule has 4 nitrogen and oxygen atoms in total. The minimum atomic E-state index is 0.191. The molecule has 0 atom stereocenters. The summed E-state index contributed by atoms with van der Waals surface area (Å²) in [6.45, 7) is 9.31. The second-order valence-corrected chi connectivity index (χ2v) is 7.58. The van der Waals surface area contributed by atoms with Crippen LogP contribution in [0.15, 0.2) is 16.7 Å². The summed E-state index contributed by atoms with van der Waals surface area (Å²) >= 11 is 3.51. The average Bonchev–Trinajstić information content (AvgIpc) is 3.21. The molecule has 2 heterocycles. The Bertz CT molecular complexity index is 514. The molecule has 0 spiro atoms. The number of piperazine rings is 1. The van der Waals surface area contributed by atoms with Gasteiger partial charge < -0.3 is 9.47 Å². The molecule has 1 saturated heterocycles. The molecule has 21 heavy (non-hydrogen) atoms. The first-order valence-corrected chi connectivity index (χ1v) is 8.73. The highest BCUT2D eigenvalue weighted by Crippen LogP contribution is 2.37. The van der Waals surface area contributed by atoms with E-state index in [2.05, 4.69) is 45.4 Å². The average molecular weight is 354 g/mol. The van der Waals surface area contributed by atoms with E-state index in [9.17, 15) is 4.79 Å². The van der Waals surface area contributed by atoms with E-state index in [1.165, 1.54) is 12.8 Å². The molecule has 1 aromatic rings. The molecule has 2 fully saturated rings. The first-order valence-electron chi connectivity index (χ1n) is 7.93. The van der Waals surface area contributed by atoms with Crippen molar-refractivity contribution in [3.8, 4) is 0 Å². The van der Waals surface area contributed by atoms with Gasteiger partial charge >= 0.3 is 0 Å². The third kappa shape index (κ3) is 3.51. The van der Waals surface area contributed by atoms with Gasteiger partial charge in [0, 0.05) is 49.4 Å². The molecular formula is C16H24BrN3O. The monoisotopic (exact) mass is 353 g/mol. The number of aromatic nitrogens is 1. The largest absolute Gasteiger partial charge is 0.339 e. The van der Waals surface area contributed by atoms with Crippen molar-refractivity contribution < 1.29 is 4.79 Å². The minimum Gasteiger partial charge on any atom is -0.339 e. The summed E-state index contributed by atoms with van der Waals surface area (Å²) in [5.74, 6) is 0.882. The summed E-state index contributed by atoms with van der Waals surface area (Å²) in [6, 6.07) is 2.51. The molecular weight excluding hydrogens is 330 g/mol. The van der Waals surface area contributed by atoms with Crippen LogP contribution in [0, 0.1) is 5.92 Å². The maximum Gasteiger partial charge on any atom is 0.270 e. The summed E-state index contributed by atoms with van der Waals surface area (Å²) < 4.78 is 3.17. The Hall–Kier alpha value is -0.810. The minimum absolute atomic E-state index is 0.191. The summed E-state index contributed by atoms with van der Waals surface area (Å²) in [7, 11) is 0. The molecule has 1 aliphatic heterocycles. The fourth-order valence-corrected chi connectivity index (χ4v) is 3.52. The van der Waals surface area contributed by atoms with Crippen molar-refractivity contribution in [1.82, 2.24) is 14.4 Å². The quantitative estimate of drug-likeness (QED) is 0.832. The SMILES string of the molecule is CC(C)CN1CCN(C(=O)c2cc(Br)cn2C2CC2)CC1. The zero-order valence-corrected chi connectivity index (χ0v) is 14.5. The van der Waals surface area contributed by atoms with Gasteiger partial charge in [-0.15, -0.1) is 0 Å². The molecule has 1 amide bonds. The van der Waals surface area contributed by atoms with Crippen LogP contribution in [0.4, 0.5) is 0 Å². The van der Waals surface area contributed by atoms with Crippen LogP contribution in [-0.2, 0) is 0 Å². The lowest BCUT2D eigenvalue weighted by molar-refractivity contribution is 0.0613. The topological polar surface area (TPSA) is 28.5 Å². The molecule has 0 bridgehead atoms. The molecule has 1 saturated carbocycles. The molecule has 0 unspecified atom stereocenters. The van der Waals surface area contributed by atoms with E-state index in [1.54, 1.807) is 0 Å². The molecule has 1 aliphatic carbocycles. The third-order valence-corrected chi connectivity index (χ3v) is 4.69. The van der Waals surface area contributed by atoms with Gasteiger partial charge in [0.05, 0.1) is 0 Å². The van der Waals surface area contributed by atoms with Gasteiger partial charge in [0.2, 0.25) is 0 Å². The van der Waals surface area contributed by atoms with E-state index >= 15 is 0 Å². The standard InChI is InChI=1S/C16H24BrN3O/c1-12(2)10-18-5-7-19(8-6-18)16(21)15-9-13(17)11-20(15)14-3-4-14/h9,11-12,14H,3-8,10H2,1-2H3. The van der Waals surface area contributed by atoms with E-state index in [-0.39, 0.29) is 5.91 Å². The van der Waals surface area contributed by atoms with Gasteiger partial charge in [-0.2, -0.15) is 0 Å². The molecule has 0 radical (unpaired) electrons. The Balaban J connectivity index is 1.64. The third-order valence-electron chi connectivity index (χ3n) is 4.26. The van der Waals surface area contributed by atoms with Crippen LogP contribution in [0.3, 0.4) is 0 Å². The van der Waals surface area contributed by atoms with Crippen molar-refractivity contribution in [2.45, 2.75) is 32.7 Å². The molecule has 2 aliphatic rings. The second-order valence-electron chi connectivity index (χ2n) is 6.67. The van der Waals surface area contributed by atoms with E-state index in [0.29, 0.717) is 12.0 Å². The summed E-state index contributed by atoms with van der Waals surface area (Å²) in [4.78, 5) is 17.2. The van der Waals surface area contributed by atoms with E-state index in [0.717, 1.165) is 42.9 Å². The van der Waals surface area contributed by atoms with Crippen LogP contribution in [0.2, 0.25) is 0 Å². The zero-order chi connectivity index (χ0) is 15.0. The number of carbonyl (C=O) groups excluding carboxylic acids is 1. The van der Waals surface area contributed by atoms with Crippen molar-refractivity contribution in [1.29, 1.82) is 0 Å². The van der Waals surface area contributed by atoms with Gasteiger partial charge in [-0.05, 0) is 40.8 Å². The number of nitrogens with zero attached hydrogens (tertiary/aromatic N) is 3. The van der Waals surface area contributed by atoms with Gasteiger partial charge in [0.1, 0.15) is 5.69 Å². The molecule has 3 rings (SSSR count). The number of rotatable bonds is 4. The lowest BCUT2D eigenvalue weighted by Gasteiger charge is -2.35. The van der Waals surface area contributed by atoms with Crippen LogP contribution in [0.5, 0.6) is 0 Å². The predicted molar refractivity (Wildman–Crippen MR) is 87.6 cm³/mol. The Morgan fingerprint density at radius 1 is 1.29 bits per heavy atom. The smallest absolute Gasteiger partial charge is 0.270 e. The highest BCUT2D eigenvalue weighted by Gasteiger charge is 2.30. The summed E-state index contributed by atoms with van der Waals surface area (Å²) in [5, 5.41) is 0. The Morgan fingerprint density at radius 3 is 2.52 bits per heavy atom. The maximum absolute atomic E-state index is 12.8. The Labute approximate surface area is 135 Å². The summed E-state index contributed by atoms with van der Waals surface area (Å²) in [6.07, 6.45) is 4.45. The highest BCUT2D eigenvalue weighted by atomic mass is 79.9. The normalized spacial score (nSPS) is 20.3. The van der Waals surface area contributed by atoms with E-state index in [1.807, 2.05) is 11.0 Å². The number of amides is 1. The predicted octanol–water partition coefficient (Wildman–Crippen LogP) is 3.00. The van der Waals surface area contributed by atoms with Crippen LogP contribution < -0.4 is 0 Å². The number of carbonyl (C=O) groups is 1. The van der Waals surface area contributed by atoms with Crippen LogP contribution in [0.25, 0.3) is 0 Å². The Kier molecular flexibility index (Phi) is 4.41. The van der Waals surface area contributed by atoms with Gasteiger partial charge in [0.15, 0.2) is 0 Å². The molecule has 0 N–H and O–H groups in total. The number of hydrogen-bond acceptors (Lipinski definition) is 2. The zero-order valence-electron chi connectivity index (χ0n) is 12.9. The van der Waals surface area contributed by atoms with Gasteiger partial charge in [-0.3, -0.25) is 9.69 Å². The van der Waals surface area contributed by atoms with Gasteiger partial charge in [-0.25, -0.2) is 0 Å². The Morgan fingerprint density at radius 2 is 1.95 bits per heavy atom. The maximum atomic E-state index is 12.8. The van der Waals surface area contributed by atoms with Gasteiger partial charge in [0.25, 0.3) is 5.91 Å². The second kappa shape index (κ2) is 6.13. The molecule has 116 valence electrons. The van der Waals surface area contributed by atoms with Crippen LogP contribution in [0.1, 0.15) is 43.2 Å². The van der Waals surface area contributed by atoms with Crippen molar-refractivity contribution in [3.63, 3.8) is 0 Å². The van der Waals surface area contributed by atoms with Crippen LogP contribution in [-0.4, -0.2) is 53.0 Å². The van der Waals surface area contributed by atoms with Crippen LogP contribution >= 0.6 is 15.9 Å².